The molecule has 150 valence electrons. The van der Waals surface area contributed by atoms with Crippen LogP contribution in [0, 0.1) is 17.8 Å². The molecule has 1 aliphatic rings. The van der Waals surface area contributed by atoms with E-state index in [0.717, 1.165) is 24.1 Å². The molecule has 2 unspecified atom stereocenters. The van der Waals surface area contributed by atoms with Gasteiger partial charge in [-0.15, -0.1) is 0 Å². The molecule has 0 aliphatic heterocycles. The smallest absolute Gasteiger partial charge is 0.272 e. The van der Waals surface area contributed by atoms with E-state index >= 15 is 0 Å². The van der Waals surface area contributed by atoms with Crippen LogP contribution < -0.4 is 10.3 Å². The topological polar surface area (TPSA) is 35.1 Å². The number of nitrogens with zero attached hydrogens (tertiary/aromatic N) is 2. The first-order valence-electron chi connectivity index (χ1n) is 10.5. The maximum absolute atomic E-state index is 13.4. The number of aromatic nitrogens is 2. The average Bonchev–Trinajstić information content (AvgIpc) is 2.98. The molecule has 4 nitrogen and oxygen atoms in total. The Bertz CT molecular complexity index is 768. The van der Waals surface area contributed by atoms with E-state index in [1.807, 2.05) is 73.2 Å². The fourth-order valence-corrected chi connectivity index (χ4v) is 4.42. The maximum Gasteiger partial charge on any atom is 0.272 e. The molecule has 2 radical (unpaired) electrons. The van der Waals surface area contributed by atoms with E-state index in [1.165, 1.54) is 6.42 Å². The van der Waals surface area contributed by atoms with Gasteiger partial charge in [-0.1, -0.05) is 68.9 Å². The van der Waals surface area contributed by atoms with Crippen LogP contribution in [-0.4, -0.2) is 23.9 Å². The van der Waals surface area contributed by atoms with Gasteiger partial charge in [-0.25, -0.2) is 0 Å². The van der Waals surface area contributed by atoms with E-state index < -0.39 is 5.82 Å². The van der Waals surface area contributed by atoms with Gasteiger partial charge in [0.15, 0.2) is 0 Å². The third-order valence-electron chi connectivity index (χ3n) is 6.19. The average molecular weight is 380 g/mol. The molecular weight excluding hydrogens is 347 g/mol. The Labute approximate surface area is 170 Å². The number of rotatable bonds is 6. The first-order chi connectivity index (χ1) is 13.4. The monoisotopic (exact) mass is 380 g/mol. The van der Waals surface area contributed by atoms with Crippen molar-refractivity contribution < 1.29 is 14.1 Å². The van der Waals surface area contributed by atoms with E-state index in [2.05, 4.69) is 20.8 Å². The van der Waals surface area contributed by atoms with Gasteiger partial charge in [0.05, 0.1) is 14.1 Å². The lowest BCUT2D eigenvalue weighted by molar-refractivity contribution is -0.653. The Morgan fingerprint density at radius 3 is 2.57 bits per heavy atom. The van der Waals surface area contributed by atoms with Crippen LogP contribution >= 0.6 is 0 Å². The first kappa shape index (κ1) is 20.7. The van der Waals surface area contributed by atoms with Crippen molar-refractivity contribution in [2.45, 2.75) is 52.0 Å². The van der Waals surface area contributed by atoms with Gasteiger partial charge in [-0.2, -0.15) is 7.28 Å². The van der Waals surface area contributed by atoms with Crippen LogP contribution in [0.15, 0.2) is 42.7 Å². The molecule has 1 heterocycles. The molecule has 0 spiro atoms. The number of imidazole rings is 1. The molecule has 0 saturated heterocycles. The first-order valence-corrected chi connectivity index (χ1v) is 10.5. The van der Waals surface area contributed by atoms with Gasteiger partial charge in [-0.3, -0.25) is 13.9 Å². The number of hydrogen-bond donors (Lipinski definition) is 0. The molecule has 2 aromatic rings. The van der Waals surface area contributed by atoms with Gasteiger partial charge in [0.2, 0.25) is 0 Å². The lowest BCUT2D eigenvalue weighted by atomic mass is 9.60. The highest BCUT2D eigenvalue weighted by atomic mass is 16.5. The zero-order valence-electron chi connectivity index (χ0n) is 17.8. The number of ether oxygens (including phenoxy) is 1. The van der Waals surface area contributed by atoms with Crippen molar-refractivity contribution in [2.24, 2.45) is 31.8 Å². The van der Waals surface area contributed by atoms with E-state index in [4.69, 9.17) is 4.74 Å². The van der Waals surface area contributed by atoms with Crippen molar-refractivity contribution in [2.75, 3.05) is 0 Å². The van der Waals surface area contributed by atoms with E-state index in [1.54, 1.807) is 0 Å². The molecule has 5 heteroatoms. The second-order valence-electron chi connectivity index (χ2n) is 8.73. The molecule has 1 saturated carbocycles. The van der Waals surface area contributed by atoms with Crippen molar-refractivity contribution in [1.82, 2.24) is 4.57 Å². The van der Waals surface area contributed by atoms with Crippen LogP contribution in [0.5, 0.6) is 0 Å². The minimum Gasteiger partial charge on any atom is -0.464 e. The predicted molar refractivity (Wildman–Crippen MR) is 112 cm³/mol. The highest BCUT2D eigenvalue weighted by Crippen LogP contribution is 2.36. The minimum absolute atomic E-state index is 0.0121. The van der Waals surface area contributed by atoms with Crippen molar-refractivity contribution >= 4 is 19.0 Å². The Balaban J connectivity index is 1.84. The number of aryl methyl sites for hydroxylation is 2. The molecule has 1 aromatic carbocycles. The summed E-state index contributed by atoms with van der Waals surface area (Å²) in [6, 6.07) is 9.96. The summed E-state index contributed by atoms with van der Waals surface area (Å²) in [5, 5.41) is 0. The number of carbonyl (C=O) groups is 1. The fraction of sp³-hybridized carbons (Fsp3) is 0.565. The Kier molecular flexibility index (Phi) is 6.63. The van der Waals surface area contributed by atoms with Crippen LogP contribution in [0.3, 0.4) is 0 Å². The Morgan fingerprint density at radius 2 is 1.96 bits per heavy atom. The summed E-state index contributed by atoms with van der Waals surface area (Å²) in [6.45, 7) is 6.75. The summed E-state index contributed by atoms with van der Waals surface area (Å²) in [5.41, 5.74) is 1.96. The number of benzene rings is 1. The van der Waals surface area contributed by atoms with Crippen molar-refractivity contribution in [3.8, 4) is 0 Å². The lowest BCUT2D eigenvalue weighted by Crippen LogP contribution is -2.52. The molecule has 28 heavy (non-hydrogen) atoms. The molecule has 1 aliphatic carbocycles. The number of esters is 1. The highest BCUT2D eigenvalue weighted by molar-refractivity contribution is 6.56. The SMILES string of the molecule is CC(C)[C@@H]1CC[C@@H](C)CC1OC(=O)C([B-]c1n(C)cc[n+]1C)c1ccccc1. The second kappa shape index (κ2) is 8.98. The van der Waals surface area contributed by atoms with Crippen molar-refractivity contribution in [3.05, 3.63) is 48.3 Å². The van der Waals surface area contributed by atoms with E-state index in [0.29, 0.717) is 17.8 Å². The Morgan fingerprint density at radius 1 is 1.25 bits per heavy atom. The molecule has 3 rings (SSSR count). The summed E-state index contributed by atoms with van der Waals surface area (Å²) in [4.78, 5) is 13.4. The van der Waals surface area contributed by atoms with Gasteiger partial charge in [0.25, 0.3) is 5.97 Å². The van der Waals surface area contributed by atoms with Gasteiger partial charge in [0, 0.05) is 5.72 Å². The fourth-order valence-electron chi connectivity index (χ4n) is 4.42. The minimum atomic E-state index is -0.411. The van der Waals surface area contributed by atoms with Crippen molar-refractivity contribution in [3.63, 3.8) is 0 Å². The summed E-state index contributed by atoms with van der Waals surface area (Å²) in [5.74, 6) is 1.03. The van der Waals surface area contributed by atoms with Gasteiger partial charge >= 0.3 is 0 Å². The summed E-state index contributed by atoms with van der Waals surface area (Å²) in [6.07, 6.45) is 7.34. The van der Waals surface area contributed by atoms with Crippen LogP contribution in [0.4, 0.5) is 0 Å². The Hall–Kier alpha value is -2.04. The molecule has 0 amide bonds. The van der Waals surface area contributed by atoms with Crippen LogP contribution in [0.2, 0.25) is 0 Å². The van der Waals surface area contributed by atoms with Crippen LogP contribution in [0.1, 0.15) is 51.4 Å². The summed E-state index contributed by atoms with van der Waals surface area (Å²) < 4.78 is 10.3. The van der Waals surface area contributed by atoms with Gasteiger partial charge in [0.1, 0.15) is 18.5 Å². The normalized spacial score (nSPS) is 23.6. The summed E-state index contributed by atoms with van der Waals surface area (Å²) in [7, 11) is 6.02. The molecule has 4 atom stereocenters. The molecule has 1 fully saturated rings. The largest absolute Gasteiger partial charge is 0.464 e. The van der Waals surface area contributed by atoms with E-state index in [9.17, 15) is 4.79 Å². The maximum atomic E-state index is 13.4. The third kappa shape index (κ3) is 4.68. The zero-order chi connectivity index (χ0) is 20.3. The highest BCUT2D eigenvalue weighted by Gasteiger charge is 2.34. The standard InChI is InChI=1S/C23H33BN2O2/c1-16(2)19-12-11-17(3)15-20(19)28-22(27)21(18-9-7-6-8-10-18)24-23-25(4)13-14-26(23)5/h6-10,13-14,16-17,19-21H,11-12,15H2,1-5H3/t17-,19+,20?,21?/m1/s1. The molecule has 0 N–H and O–H groups in total. The number of hydrogen-bond acceptors (Lipinski definition) is 2. The molecule has 0 bridgehead atoms. The van der Waals surface area contributed by atoms with Gasteiger partial charge in [-0.05, 0) is 30.6 Å². The van der Waals surface area contributed by atoms with Crippen LogP contribution in [-0.2, 0) is 23.6 Å². The van der Waals surface area contributed by atoms with E-state index in [-0.39, 0.29) is 12.1 Å². The quantitative estimate of drug-likeness (QED) is 0.439. The number of carbonyl (C=O) groups excluding carboxylic acids is 1. The second-order valence-corrected chi connectivity index (χ2v) is 8.73. The van der Waals surface area contributed by atoms with Gasteiger partial charge < -0.3 is 4.74 Å². The van der Waals surface area contributed by atoms with Crippen LogP contribution in [0.25, 0.3) is 0 Å². The van der Waals surface area contributed by atoms with Crippen molar-refractivity contribution in [1.29, 1.82) is 0 Å². The lowest BCUT2D eigenvalue weighted by Gasteiger charge is -2.38. The predicted octanol–water partition coefficient (Wildman–Crippen LogP) is 2.92. The molecule has 1 aromatic heterocycles. The summed E-state index contributed by atoms with van der Waals surface area (Å²) >= 11 is 0. The third-order valence-corrected chi connectivity index (χ3v) is 6.19. The zero-order valence-corrected chi connectivity index (χ0v) is 17.8. The molecular formula is C23H33BN2O2.